The monoisotopic (exact) mass is 360 g/mol. The lowest BCUT2D eigenvalue weighted by Crippen LogP contribution is -2.50. The second-order valence-corrected chi connectivity index (χ2v) is 7.99. The minimum atomic E-state index is -1.13. The molecule has 1 aromatic carbocycles. The maximum atomic E-state index is 11.8. The highest BCUT2D eigenvalue weighted by Gasteiger charge is 2.54. The normalized spacial score (nSPS) is 29.6. The minimum absolute atomic E-state index is 0.0351. The molecule has 1 aliphatic heterocycles. The van der Waals surface area contributed by atoms with Gasteiger partial charge in [0.05, 0.1) is 5.60 Å². The number of benzene rings is 1. The average molecular weight is 360 g/mol. The lowest BCUT2D eigenvalue weighted by Gasteiger charge is -2.42. The maximum Gasteiger partial charge on any atom is 0.339 e. The molecule has 5 heteroatoms. The van der Waals surface area contributed by atoms with Crippen LogP contribution in [0.15, 0.2) is 18.2 Å². The zero-order valence-corrected chi connectivity index (χ0v) is 15.7. The predicted octanol–water partition coefficient (Wildman–Crippen LogP) is 4.01. The summed E-state index contributed by atoms with van der Waals surface area (Å²) in [5, 5.41) is 31.4. The molecule has 0 aromatic heterocycles. The van der Waals surface area contributed by atoms with Gasteiger partial charge in [-0.15, -0.1) is 0 Å². The number of aliphatic hydroxyl groups is 1. The summed E-state index contributed by atoms with van der Waals surface area (Å²) in [6, 6.07) is 1.75. The number of allylic oxidation sites excluding steroid dienone is 1. The summed E-state index contributed by atoms with van der Waals surface area (Å²) < 4.78 is 6.10. The van der Waals surface area contributed by atoms with Crippen LogP contribution in [0.2, 0.25) is 0 Å². The van der Waals surface area contributed by atoms with Gasteiger partial charge in [0.2, 0.25) is 0 Å². The van der Waals surface area contributed by atoms with Crippen LogP contribution < -0.4 is 4.74 Å². The Morgan fingerprint density at radius 3 is 2.73 bits per heavy atom. The van der Waals surface area contributed by atoms with Crippen LogP contribution >= 0.6 is 0 Å². The molecule has 26 heavy (non-hydrogen) atoms. The fraction of sp³-hybridized carbons (Fsp3) is 0.571. The van der Waals surface area contributed by atoms with Crippen LogP contribution in [0.1, 0.15) is 73.9 Å². The number of carboxylic acids is 1. The molecule has 1 aliphatic carbocycles. The SMILES string of the molecule is C=C(C)C1CC[C@](C)(O)C2Oc3cc(CCCC)c(C(=O)O)c(O)c3C12. The zero-order valence-electron chi connectivity index (χ0n) is 15.7. The highest BCUT2D eigenvalue weighted by molar-refractivity contribution is 5.94. The van der Waals surface area contributed by atoms with Gasteiger partial charge in [-0.1, -0.05) is 25.5 Å². The standard InChI is InChI=1S/C21H28O5/c1-5-6-7-12-10-14-17(18(22)15(12)20(23)24)16-13(11(2)3)8-9-21(4,25)19(16)26-14/h10,13,16,19,22,25H,2,5-9H2,1,3-4H3,(H,23,24)/t13?,16?,19?,21-/m0/s1. The van der Waals surface area contributed by atoms with Gasteiger partial charge < -0.3 is 20.1 Å². The molecule has 3 N–H and O–H groups in total. The van der Waals surface area contributed by atoms with Gasteiger partial charge in [0.25, 0.3) is 0 Å². The Bertz CT molecular complexity index is 749. The fourth-order valence-electron chi connectivity index (χ4n) is 4.54. The van der Waals surface area contributed by atoms with Gasteiger partial charge in [-0.2, -0.15) is 0 Å². The third-order valence-electron chi connectivity index (χ3n) is 5.95. The number of unbranched alkanes of at least 4 members (excludes halogenated alkanes) is 1. The van der Waals surface area contributed by atoms with Crippen LogP contribution in [-0.4, -0.2) is 33.0 Å². The van der Waals surface area contributed by atoms with Crippen LogP contribution in [0.3, 0.4) is 0 Å². The van der Waals surface area contributed by atoms with Crippen LogP contribution in [0, 0.1) is 5.92 Å². The van der Waals surface area contributed by atoms with Gasteiger partial charge in [-0.3, -0.25) is 0 Å². The van der Waals surface area contributed by atoms with E-state index in [9.17, 15) is 20.1 Å². The van der Waals surface area contributed by atoms with Crippen molar-refractivity contribution in [2.75, 3.05) is 0 Å². The summed E-state index contributed by atoms with van der Waals surface area (Å²) in [5.41, 5.74) is 0.987. The lowest BCUT2D eigenvalue weighted by atomic mass is 9.66. The maximum absolute atomic E-state index is 11.8. The first-order chi connectivity index (χ1) is 12.2. The summed E-state index contributed by atoms with van der Waals surface area (Å²) >= 11 is 0. The molecule has 1 saturated carbocycles. The average Bonchev–Trinajstić information content (AvgIpc) is 2.93. The fourth-order valence-corrected chi connectivity index (χ4v) is 4.54. The first kappa shape index (κ1) is 18.8. The van der Waals surface area contributed by atoms with Crippen molar-refractivity contribution in [3.05, 3.63) is 34.9 Å². The summed E-state index contributed by atoms with van der Waals surface area (Å²) in [6.45, 7) is 9.79. The van der Waals surface area contributed by atoms with Gasteiger partial charge in [-0.05, 0) is 57.1 Å². The molecule has 2 aliphatic rings. The molecular weight excluding hydrogens is 332 g/mol. The molecule has 3 rings (SSSR count). The Morgan fingerprint density at radius 1 is 1.46 bits per heavy atom. The van der Waals surface area contributed by atoms with Crippen molar-refractivity contribution >= 4 is 5.97 Å². The van der Waals surface area contributed by atoms with Gasteiger partial charge >= 0.3 is 5.97 Å². The van der Waals surface area contributed by atoms with E-state index in [-0.39, 0.29) is 23.1 Å². The zero-order chi connectivity index (χ0) is 19.2. The van der Waals surface area contributed by atoms with E-state index >= 15 is 0 Å². The molecular formula is C21H28O5. The molecule has 4 atom stereocenters. The molecule has 0 saturated heterocycles. The van der Waals surface area contributed by atoms with Crippen molar-refractivity contribution in [3.63, 3.8) is 0 Å². The van der Waals surface area contributed by atoms with Gasteiger partial charge in [-0.25, -0.2) is 4.79 Å². The molecule has 1 aromatic rings. The second-order valence-electron chi connectivity index (χ2n) is 7.99. The van der Waals surface area contributed by atoms with Crippen molar-refractivity contribution in [2.45, 2.75) is 70.5 Å². The number of carbonyl (C=O) groups is 1. The van der Waals surface area contributed by atoms with Crippen molar-refractivity contribution < 1.29 is 24.9 Å². The van der Waals surface area contributed by atoms with E-state index in [1.54, 1.807) is 13.0 Å². The van der Waals surface area contributed by atoms with Crippen molar-refractivity contribution in [1.82, 2.24) is 0 Å². The van der Waals surface area contributed by atoms with Crippen molar-refractivity contribution in [3.8, 4) is 11.5 Å². The van der Waals surface area contributed by atoms with Crippen LogP contribution in [0.4, 0.5) is 0 Å². The third kappa shape index (κ3) is 2.88. The number of aromatic hydroxyl groups is 1. The summed E-state index contributed by atoms with van der Waals surface area (Å²) in [7, 11) is 0. The van der Waals surface area contributed by atoms with E-state index in [1.807, 2.05) is 13.8 Å². The Balaban J connectivity index is 2.17. The molecule has 1 heterocycles. The largest absolute Gasteiger partial charge is 0.507 e. The summed E-state index contributed by atoms with van der Waals surface area (Å²) in [5.74, 6) is -1.09. The van der Waals surface area contributed by atoms with Gasteiger partial charge in [0, 0.05) is 11.5 Å². The van der Waals surface area contributed by atoms with Crippen molar-refractivity contribution in [1.29, 1.82) is 0 Å². The number of aromatic carboxylic acids is 1. The topological polar surface area (TPSA) is 87.0 Å². The van der Waals surface area contributed by atoms with E-state index in [0.717, 1.165) is 24.8 Å². The van der Waals surface area contributed by atoms with Gasteiger partial charge in [0.15, 0.2) is 0 Å². The third-order valence-corrected chi connectivity index (χ3v) is 5.95. The van der Waals surface area contributed by atoms with E-state index in [4.69, 9.17) is 4.74 Å². The number of aryl methyl sites for hydroxylation is 1. The first-order valence-corrected chi connectivity index (χ1v) is 9.35. The van der Waals surface area contributed by atoms with E-state index in [0.29, 0.717) is 29.7 Å². The molecule has 3 unspecified atom stereocenters. The van der Waals surface area contributed by atoms with Crippen LogP contribution in [0.25, 0.3) is 0 Å². The van der Waals surface area contributed by atoms with E-state index in [2.05, 4.69) is 6.58 Å². The molecule has 1 fully saturated rings. The molecule has 5 nitrogen and oxygen atoms in total. The lowest BCUT2D eigenvalue weighted by molar-refractivity contribution is -0.0824. The Kier molecular flexibility index (Phi) is 4.78. The first-order valence-electron chi connectivity index (χ1n) is 9.35. The number of carboxylic acid groups (broad SMARTS) is 1. The number of fused-ring (bicyclic) bond motifs is 3. The van der Waals surface area contributed by atoms with Gasteiger partial charge in [0.1, 0.15) is 23.2 Å². The quantitative estimate of drug-likeness (QED) is 0.691. The second kappa shape index (κ2) is 6.62. The Morgan fingerprint density at radius 2 is 2.15 bits per heavy atom. The molecule has 0 amide bonds. The highest BCUT2D eigenvalue weighted by Crippen LogP contribution is 2.57. The number of rotatable bonds is 5. The van der Waals surface area contributed by atoms with E-state index in [1.165, 1.54) is 0 Å². The van der Waals surface area contributed by atoms with E-state index < -0.39 is 17.7 Å². The number of ether oxygens (including phenoxy) is 1. The summed E-state index contributed by atoms with van der Waals surface area (Å²) in [6.07, 6.45) is 3.12. The molecule has 0 radical (unpaired) electrons. The Hall–Kier alpha value is -2.01. The Labute approximate surface area is 154 Å². The number of phenols is 1. The number of hydrogen-bond acceptors (Lipinski definition) is 4. The minimum Gasteiger partial charge on any atom is -0.507 e. The van der Waals surface area contributed by atoms with Crippen LogP contribution in [0.5, 0.6) is 11.5 Å². The molecule has 142 valence electrons. The predicted molar refractivity (Wildman–Crippen MR) is 99.0 cm³/mol. The van der Waals surface area contributed by atoms with Crippen molar-refractivity contribution in [2.24, 2.45) is 5.92 Å². The molecule has 0 bridgehead atoms. The van der Waals surface area contributed by atoms with Crippen LogP contribution in [-0.2, 0) is 6.42 Å². The molecule has 0 spiro atoms. The number of hydrogen-bond donors (Lipinski definition) is 3. The smallest absolute Gasteiger partial charge is 0.339 e. The highest BCUT2D eigenvalue weighted by atomic mass is 16.5. The summed E-state index contributed by atoms with van der Waals surface area (Å²) in [4.78, 5) is 11.8.